The van der Waals surface area contributed by atoms with Gasteiger partial charge in [0.2, 0.25) is 0 Å². The molecule has 1 saturated heterocycles. The maximum Gasteiger partial charge on any atom is 0.182 e. The quantitative estimate of drug-likeness (QED) is 0.746. The first-order valence-electron chi connectivity index (χ1n) is 5.37. The summed E-state index contributed by atoms with van der Waals surface area (Å²) < 4.78 is 24.6. The van der Waals surface area contributed by atoms with Gasteiger partial charge in [-0.05, 0) is 13.3 Å². The Labute approximate surface area is 97.9 Å². The third-order valence-electron chi connectivity index (χ3n) is 3.17. The third-order valence-corrected chi connectivity index (χ3v) is 4.92. The molecule has 0 bridgehead atoms. The number of nitrogens with zero attached hydrogens (tertiary/aromatic N) is 3. The molecule has 3 N–H and O–H groups in total. The van der Waals surface area contributed by atoms with Crippen LogP contribution in [0, 0.1) is 6.92 Å². The van der Waals surface area contributed by atoms with Crippen LogP contribution in [-0.4, -0.2) is 39.9 Å². The van der Waals surface area contributed by atoms with Gasteiger partial charge < -0.3 is 5.73 Å². The van der Waals surface area contributed by atoms with E-state index in [9.17, 15) is 8.42 Å². The highest BCUT2D eigenvalue weighted by molar-refractivity contribution is 7.91. The van der Waals surface area contributed by atoms with Gasteiger partial charge in [-0.25, -0.2) is 13.1 Å². The first-order valence-corrected chi connectivity index (χ1v) is 7.19. The van der Waals surface area contributed by atoms with Gasteiger partial charge >= 0.3 is 0 Å². The fourth-order valence-corrected chi connectivity index (χ4v) is 4.04. The van der Waals surface area contributed by atoms with Gasteiger partial charge in [-0.15, -0.1) is 0 Å². The zero-order valence-electron chi connectivity index (χ0n) is 9.34. The Morgan fingerprint density at radius 2 is 2.29 bits per heavy atom. The lowest BCUT2D eigenvalue weighted by Crippen LogP contribution is -2.12. The molecule has 2 aromatic heterocycles. The second kappa shape index (κ2) is 3.22. The summed E-state index contributed by atoms with van der Waals surface area (Å²) in [6.07, 6.45) is 0.589. The molecular weight excluding hydrogens is 242 g/mol. The first-order chi connectivity index (χ1) is 7.98. The van der Waals surface area contributed by atoms with Crippen molar-refractivity contribution in [3.05, 3.63) is 5.69 Å². The van der Waals surface area contributed by atoms with Crippen molar-refractivity contribution in [3.8, 4) is 0 Å². The lowest BCUT2D eigenvalue weighted by Gasteiger charge is -2.07. The minimum absolute atomic E-state index is 0.126. The molecule has 7 nitrogen and oxygen atoms in total. The van der Waals surface area contributed by atoms with Gasteiger partial charge in [0.1, 0.15) is 5.82 Å². The highest BCUT2D eigenvalue weighted by Crippen LogP contribution is 2.29. The maximum atomic E-state index is 11.5. The van der Waals surface area contributed by atoms with E-state index in [-0.39, 0.29) is 17.5 Å². The number of nitrogens with two attached hydrogens (primary N) is 1. The van der Waals surface area contributed by atoms with Crippen LogP contribution in [0.3, 0.4) is 0 Å². The van der Waals surface area contributed by atoms with Gasteiger partial charge in [0, 0.05) is 0 Å². The average Bonchev–Trinajstić information content (AvgIpc) is 2.86. The molecule has 3 rings (SSSR count). The lowest BCUT2D eigenvalue weighted by atomic mass is 10.2. The molecule has 0 spiro atoms. The Balaban J connectivity index is 2.13. The molecule has 92 valence electrons. The molecule has 3 heterocycles. The van der Waals surface area contributed by atoms with Crippen LogP contribution >= 0.6 is 0 Å². The number of nitrogens with one attached hydrogen (secondary N) is 1. The SMILES string of the molecule is Cc1nn(C2CCS(=O)(=O)C2)c2n[nH]c(N)c12. The Bertz CT molecular complexity index is 684. The second-order valence-corrected chi connectivity index (χ2v) is 6.65. The summed E-state index contributed by atoms with van der Waals surface area (Å²) in [7, 11) is -2.93. The molecular formula is C9H13N5O2S. The zero-order chi connectivity index (χ0) is 12.2. The minimum atomic E-state index is -2.93. The van der Waals surface area contributed by atoms with Crippen LogP contribution < -0.4 is 5.73 Å². The molecule has 0 radical (unpaired) electrons. The summed E-state index contributed by atoms with van der Waals surface area (Å²) in [4.78, 5) is 0. The normalized spacial score (nSPS) is 23.5. The molecule has 0 saturated carbocycles. The average molecular weight is 255 g/mol. The van der Waals surface area contributed by atoms with Crippen LogP contribution in [0.4, 0.5) is 5.82 Å². The van der Waals surface area contributed by atoms with E-state index in [0.717, 1.165) is 11.1 Å². The maximum absolute atomic E-state index is 11.5. The van der Waals surface area contributed by atoms with Crippen molar-refractivity contribution in [2.45, 2.75) is 19.4 Å². The van der Waals surface area contributed by atoms with Crippen molar-refractivity contribution in [2.24, 2.45) is 0 Å². The highest BCUT2D eigenvalue weighted by atomic mass is 32.2. The number of aromatic amines is 1. The van der Waals surface area contributed by atoms with E-state index in [1.165, 1.54) is 0 Å². The lowest BCUT2D eigenvalue weighted by molar-refractivity contribution is 0.508. The van der Waals surface area contributed by atoms with Crippen LogP contribution in [-0.2, 0) is 9.84 Å². The van der Waals surface area contributed by atoms with Crippen molar-refractivity contribution in [2.75, 3.05) is 17.2 Å². The molecule has 0 amide bonds. The van der Waals surface area contributed by atoms with E-state index in [1.807, 2.05) is 6.92 Å². The van der Waals surface area contributed by atoms with Crippen LogP contribution in [0.5, 0.6) is 0 Å². The number of fused-ring (bicyclic) bond motifs is 1. The van der Waals surface area contributed by atoms with Crippen LogP contribution in [0.25, 0.3) is 11.0 Å². The molecule has 1 unspecified atom stereocenters. The molecule has 8 heteroatoms. The predicted molar refractivity (Wildman–Crippen MR) is 63.3 cm³/mol. The van der Waals surface area contributed by atoms with Crippen molar-refractivity contribution < 1.29 is 8.42 Å². The van der Waals surface area contributed by atoms with Crippen molar-refractivity contribution in [1.29, 1.82) is 0 Å². The van der Waals surface area contributed by atoms with Crippen LogP contribution in [0.15, 0.2) is 0 Å². The number of aromatic nitrogens is 4. The molecule has 17 heavy (non-hydrogen) atoms. The molecule has 1 atom stereocenters. The first kappa shape index (κ1) is 10.6. The summed E-state index contributed by atoms with van der Waals surface area (Å²) in [6.45, 7) is 1.84. The Morgan fingerprint density at radius 1 is 1.53 bits per heavy atom. The summed E-state index contributed by atoms with van der Waals surface area (Å²) in [5, 5.41) is 11.9. The Hall–Kier alpha value is -1.57. The number of anilines is 1. The summed E-state index contributed by atoms with van der Waals surface area (Å²) in [5.41, 5.74) is 7.17. The van der Waals surface area contributed by atoms with Gasteiger partial charge in [0.25, 0.3) is 0 Å². The number of nitrogen functional groups attached to an aromatic ring is 1. The third kappa shape index (κ3) is 1.51. The van der Waals surface area contributed by atoms with E-state index in [0.29, 0.717) is 17.9 Å². The van der Waals surface area contributed by atoms with E-state index in [2.05, 4.69) is 15.3 Å². The van der Waals surface area contributed by atoms with Gasteiger partial charge in [-0.1, -0.05) is 0 Å². The van der Waals surface area contributed by atoms with Crippen LogP contribution in [0.1, 0.15) is 18.2 Å². The fourth-order valence-electron chi connectivity index (χ4n) is 2.35. The van der Waals surface area contributed by atoms with Crippen molar-refractivity contribution in [1.82, 2.24) is 20.0 Å². The number of aryl methyl sites for hydroxylation is 1. The van der Waals surface area contributed by atoms with Gasteiger partial charge in [-0.2, -0.15) is 10.2 Å². The smallest absolute Gasteiger partial charge is 0.182 e. The number of hydrogen-bond acceptors (Lipinski definition) is 5. The fraction of sp³-hybridized carbons (Fsp3) is 0.556. The highest BCUT2D eigenvalue weighted by Gasteiger charge is 2.31. The molecule has 1 aliphatic heterocycles. The van der Waals surface area contributed by atoms with Gasteiger partial charge in [0.05, 0.1) is 28.6 Å². The summed E-state index contributed by atoms with van der Waals surface area (Å²) in [5.74, 6) is 0.832. The number of H-pyrrole nitrogens is 1. The van der Waals surface area contributed by atoms with E-state index < -0.39 is 9.84 Å². The Morgan fingerprint density at radius 3 is 2.94 bits per heavy atom. The number of hydrogen-bond donors (Lipinski definition) is 2. The minimum Gasteiger partial charge on any atom is -0.383 e. The van der Waals surface area contributed by atoms with E-state index >= 15 is 0 Å². The number of rotatable bonds is 1. The van der Waals surface area contributed by atoms with Gasteiger partial charge in [0.15, 0.2) is 15.5 Å². The van der Waals surface area contributed by atoms with Gasteiger partial charge in [-0.3, -0.25) is 5.10 Å². The monoisotopic (exact) mass is 255 g/mol. The second-order valence-electron chi connectivity index (χ2n) is 4.42. The van der Waals surface area contributed by atoms with Crippen LogP contribution in [0.2, 0.25) is 0 Å². The van der Waals surface area contributed by atoms with E-state index in [4.69, 9.17) is 5.73 Å². The zero-order valence-corrected chi connectivity index (χ0v) is 10.2. The number of sulfone groups is 1. The molecule has 2 aromatic rings. The summed E-state index contributed by atoms with van der Waals surface area (Å²) >= 11 is 0. The molecule has 0 aromatic carbocycles. The Kier molecular flexibility index (Phi) is 2.00. The topological polar surface area (TPSA) is 107 Å². The van der Waals surface area contributed by atoms with E-state index in [1.54, 1.807) is 4.68 Å². The predicted octanol–water partition coefficient (Wildman–Crippen LogP) is 0.00962. The van der Waals surface area contributed by atoms with Crippen molar-refractivity contribution >= 4 is 26.7 Å². The molecule has 1 aliphatic rings. The van der Waals surface area contributed by atoms with Crippen molar-refractivity contribution in [3.63, 3.8) is 0 Å². The standard InChI is InChI=1S/C9H13N5O2S/c1-5-7-8(10)11-12-9(7)14(13-5)6-2-3-17(15,16)4-6/h6H,2-4H2,1H3,(H3,10,11,12). The largest absolute Gasteiger partial charge is 0.383 e. The summed E-state index contributed by atoms with van der Waals surface area (Å²) in [6, 6.07) is -0.126. The molecule has 1 fully saturated rings. The molecule has 0 aliphatic carbocycles.